The molecule has 116 valence electrons. The molecule has 1 aliphatic rings. The fourth-order valence-electron chi connectivity index (χ4n) is 2.88. The zero-order chi connectivity index (χ0) is 15.6. The molecule has 4 N–H and O–H groups in total. The van der Waals surface area contributed by atoms with Crippen LogP contribution in [0.2, 0.25) is 0 Å². The fraction of sp³-hybridized carbons (Fsp3) is 0.562. The lowest BCUT2D eigenvalue weighted by atomic mass is 10.1. The van der Waals surface area contributed by atoms with Crippen molar-refractivity contribution in [3.63, 3.8) is 0 Å². The molecule has 0 saturated heterocycles. The molecule has 0 aromatic heterocycles. The molecule has 0 atom stereocenters. The number of hydrogen-bond donors (Lipinski definition) is 3. The molecule has 21 heavy (non-hydrogen) atoms. The summed E-state index contributed by atoms with van der Waals surface area (Å²) in [6.45, 7) is 10.6. The van der Waals surface area contributed by atoms with E-state index in [2.05, 4.69) is 43.2 Å². The second-order valence-electron chi connectivity index (χ2n) is 6.17. The van der Waals surface area contributed by atoms with Gasteiger partial charge in [-0.15, -0.1) is 0 Å². The van der Waals surface area contributed by atoms with Gasteiger partial charge in [0.2, 0.25) is 5.91 Å². The van der Waals surface area contributed by atoms with Crippen molar-refractivity contribution in [2.24, 2.45) is 0 Å². The third-order valence-corrected chi connectivity index (χ3v) is 3.91. The molecule has 1 aliphatic heterocycles. The Balaban J connectivity index is 1.98. The average Bonchev–Trinajstić information content (AvgIpc) is 2.72. The van der Waals surface area contributed by atoms with E-state index >= 15 is 0 Å². The van der Waals surface area contributed by atoms with Gasteiger partial charge >= 0.3 is 0 Å². The highest BCUT2D eigenvalue weighted by molar-refractivity contribution is 6.00. The summed E-state index contributed by atoms with van der Waals surface area (Å²) in [7, 11) is 0. The van der Waals surface area contributed by atoms with E-state index in [-0.39, 0.29) is 5.91 Å². The number of benzene rings is 1. The zero-order valence-corrected chi connectivity index (χ0v) is 13.4. The molecule has 1 heterocycles. The van der Waals surface area contributed by atoms with Crippen LogP contribution in [0.15, 0.2) is 12.1 Å². The van der Waals surface area contributed by atoms with Crippen LogP contribution in [0.5, 0.6) is 0 Å². The van der Waals surface area contributed by atoms with Crippen molar-refractivity contribution in [2.45, 2.75) is 46.2 Å². The van der Waals surface area contributed by atoms with Crippen molar-refractivity contribution in [2.75, 3.05) is 29.5 Å². The minimum Gasteiger partial charge on any atom is -0.397 e. The van der Waals surface area contributed by atoms with Gasteiger partial charge in [0, 0.05) is 30.9 Å². The van der Waals surface area contributed by atoms with E-state index in [9.17, 15) is 4.79 Å². The Morgan fingerprint density at radius 2 is 1.95 bits per heavy atom. The maximum absolute atomic E-state index is 11.4. The highest BCUT2D eigenvalue weighted by Gasteiger charge is 2.19. The van der Waals surface area contributed by atoms with Gasteiger partial charge in [0.05, 0.1) is 17.8 Å². The van der Waals surface area contributed by atoms with Gasteiger partial charge in [0.25, 0.3) is 0 Å². The molecule has 0 saturated carbocycles. The SMILES string of the molecule is CC(C)N(CCNc1cc2c(cc1N)CC(=O)N2)C(C)C. The molecule has 1 amide bonds. The third kappa shape index (κ3) is 3.67. The van der Waals surface area contributed by atoms with Crippen molar-refractivity contribution in [3.8, 4) is 0 Å². The minimum atomic E-state index is 0.0346. The molecule has 5 heteroatoms. The molecule has 1 aromatic rings. The molecule has 0 aliphatic carbocycles. The summed E-state index contributed by atoms with van der Waals surface area (Å²) in [6.07, 6.45) is 0.425. The van der Waals surface area contributed by atoms with E-state index in [1.165, 1.54) is 0 Å². The number of nitrogens with two attached hydrogens (primary N) is 1. The number of carbonyl (C=O) groups excluding carboxylic acids is 1. The summed E-state index contributed by atoms with van der Waals surface area (Å²) >= 11 is 0. The molecule has 0 radical (unpaired) electrons. The van der Waals surface area contributed by atoms with Gasteiger partial charge in [0.1, 0.15) is 0 Å². The Morgan fingerprint density at radius 1 is 1.29 bits per heavy atom. The Kier molecular flexibility index (Phi) is 4.73. The zero-order valence-electron chi connectivity index (χ0n) is 13.4. The highest BCUT2D eigenvalue weighted by Crippen LogP contribution is 2.31. The number of rotatable bonds is 6. The number of hydrogen-bond acceptors (Lipinski definition) is 4. The van der Waals surface area contributed by atoms with Gasteiger partial charge < -0.3 is 16.4 Å². The molecule has 0 spiro atoms. The van der Waals surface area contributed by atoms with E-state index in [4.69, 9.17) is 5.73 Å². The highest BCUT2D eigenvalue weighted by atomic mass is 16.1. The maximum atomic E-state index is 11.4. The molecule has 0 unspecified atom stereocenters. The molecule has 1 aromatic carbocycles. The van der Waals surface area contributed by atoms with Crippen LogP contribution in [-0.2, 0) is 11.2 Å². The number of nitrogens with zero attached hydrogens (tertiary/aromatic N) is 1. The van der Waals surface area contributed by atoms with E-state index in [1.54, 1.807) is 0 Å². The summed E-state index contributed by atoms with van der Waals surface area (Å²) in [6, 6.07) is 4.86. The van der Waals surface area contributed by atoms with Crippen molar-refractivity contribution >= 4 is 23.0 Å². The molecular formula is C16H26N4O. The smallest absolute Gasteiger partial charge is 0.228 e. The second-order valence-corrected chi connectivity index (χ2v) is 6.17. The lowest BCUT2D eigenvalue weighted by molar-refractivity contribution is -0.115. The topological polar surface area (TPSA) is 70.4 Å². The Morgan fingerprint density at radius 3 is 2.57 bits per heavy atom. The van der Waals surface area contributed by atoms with Gasteiger partial charge in [-0.2, -0.15) is 0 Å². The minimum absolute atomic E-state index is 0.0346. The summed E-state index contributed by atoms with van der Waals surface area (Å²) < 4.78 is 0. The lowest BCUT2D eigenvalue weighted by Gasteiger charge is -2.30. The van der Waals surface area contributed by atoms with Crippen LogP contribution in [0.1, 0.15) is 33.3 Å². The Labute approximate surface area is 126 Å². The number of nitrogen functional groups attached to an aromatic ring is 1. The van der Waals surface area contributed by atoms with E-state index in [1.807, 2.05) is 12.1 Å². The first-order chi connectivity index (χ1) is 9.88. The molecule has 5 nitrogen and oxygen atoms in total. The summed E-state index contributed by atoms with van der Waals surface area (Å²) in [4.78, 5) is 13.8. The third-order valence-electron chi connectivity index (χ3n) is 3.91. The average molecular weight is 290 g/mol. The maximum Gasteiger partial charge on any atom is 0.228 e. The summed E-state index contributed by atoms with van der Waals surface area (Å²) in [5, 5.41) is 6.24. The Bertz CT molecular complexity index is 517. The number of anilines is 3. The quantitative estimate of drug-likeness (QED) is 0.703. The first-order valence-corrected chi connectivity index (χ1v) is 7.60. The van der Waals surface area contributed by atoms with Gasteiger partial charge in [-0.3, -0.25) is 9.69 Å². The number of amides is 1. The van der Waals surface area contributed by atoms with Crippen molar-refractivity contribution < 1.29 is 4.79 Å². The second kappa shape index (κ2) is 6.35. The van der Waals surface area contributed by atoms with E-state index in [0.717, 1.165) is 30.0 Å². The van der Waals surface area contributed by atoms with Crippen molar-refractivity contribution in [1.82, 2.24) is 4.90 Å². The van der Waals surface area contributed by atoms with E-state index in [0.29, 0.717) is 24.2 Å². The molecule has 0 bridgehead atoms. The lowest BCUT2D eigenvalue weighted by Crippen LogP contribution is -2.40. The van der Waals surface area contributed by atoms with Gasteiger partial charge in [-0.1, -0.05) is 0 Å². The van der Waals surface area contributed by atoms with Crippen LogP contribution in [0.25, 0.3) is 0 Å². The van der Waals surface area contributed by atoms with Crippen LogP contribution >= 0.6 is 0 Å². The monoisotopic (exact) mass is 290 g/mol. The number of fused-ring (bicyclic) bond motifs is 1. The summed E-state index contributed by atoms with van der Waals surface area (Å²) in [5.41, 5.74) is 9.51. The van der Waals surface area contributed by atoms with Gasteiger partial charge in [-0.05, 0) is 45.4 Å². The van der Waals surface area contributed by atoms with Crippen molar-refractivity contribution in [1.29, 1.82) is 0 Å². The van der Waals surface area contributed by atoms with E-state index < -0.39 is 0 Å². The van der Waals surface area contributed by atoms with Gasteiger partial charge in [-0.25, -0.2) is 0 Å². The van der Waals surface area contributed by atoms with Crippen LogP contribution < -0.4 is 16.4 Å². The largest absolute Gasteiger partial charge is 0.397 e. The van der Waals surface area contributed by atoms with Crippen LogP contribution in [-0.4, -0.2) is 36.0 Å². The molecule has 2 rings (SSSR count). The first kappa shape index (κ1) is 15.6. The number of nitrogens with one attached hydrogen (secondary N) is 2. The fourth-order valence-corrected chi connectivity index (χ4v) is 2.88. The normalized spacial score (nSPS) is 14.0. The first-order valence-electron chi connectivity index (χ1n) is 7.60. The van der Waals surface area contributed by atoms with Crippen LogP contribution in [0.3, 0.4) is 0 Å². The van der Waals surface area contributed by atoms with Crippen molar-refractivity contribution in [3.05, 3.63) is 17.7 Å². The van der Waals surface area contributed by atoms with Gasteiger partial charge in [0.15, 0.2) is 0 Å². The van der Waals surface area contributed by atoms with Crippen LogP contribution in [0.4, 0.5) is 17.1 Å². The standard InChI is InChI=1S/C16H26N4O/c1-10(2)20(11(3)4)6-5-18-15-9-14-12(7-13(15)17)8-16(21)19-14/h7,9-11,18H,5-6,8,17H2,1-4H3,(H,19,21). The predicted molar refractivity (Wildman–Crippen MR) is 88.7 cm³/mol. The van der Waals surface area contributed by atoms with Crippen LogP contribution in [0, 0.1) is 0 Å². The molecule has 0 fully saturated rings. The predicted octanol–water partition coefficient (Wildman–Crippen LogP) is 2.29. The summed E-state index contributed by atoms with van der Waals surface area (Å²) in [5.74, 6) is 0.0346. The number of carbonyl (C=O) groups is 1. The molecular weight excluding hydrogens is 264 g/mol. The Hall–Kier alpha value is -1.75.